The number of ether oxygens (including phenoxy) is 1. The van der Waals surface area contributed by atoms with Crippen LogP contribution in [0.25, 0.3) is 0 Å². The van der Waals surface area contributed by atoms with Gasteiger partial charge in [-0.05, 0) is 222 Å². The number of epoxide rings is 1. The van der Waals surface area contributed by atoms with Crippen LogP contribution >= 0.6 is 0 Å². The second kappa shape index (κ2) is 16.1. The van der Waals surface area contributed by atoms with Gasteiger partial charge in [0.15, 0.2) is 11.6 Å². The van der Waals surface area contributed by atoms with Crippen LogP contribution in [0, 0.1) is 80.8 Å². The molecular formula is C54H84O7. The van der Waals surface area contributed by atoms with Crippen molar-refractivity contribution in [3.8, 4) is 0 Å². The maximum atomic E-state index is 12.1. The zero-order valence-electron chi connectivity index (χ0n) is 39.7. The molecule has 0 spiro atoms. The van der Waals surface area contributed by atoms with E-state index < -0.39 is 23.4 Å². The molecule has 6 fully saturated rings. The fourth-order valence-corrected chi connectivity index (χ4v) is 16.7. The van der Waals surface area contributed by atoms with Crippen molar-refractivity contribution >= 4 is 11.6 Å². The van der Waals surface area contributed by atoms with Gasteiger partial charge in [0.1, 0.15) is 6.10 Å². The minimum atomic E-state index is -1.03. The number of hydrogen-bond acceptors (Lipinski definition) is 7. The van der Waals surface area contributed by atoms with Gasteiger partial charge < -0.3 is 25.2 Å². The first-order chi connectivity index (χ1) is 28.4. The van der Waals surface area contributed by atoms with Crippen LogP contribution in [0.3, 0.4) is 0 Å². The lowest BCUT2D eigenvalue weighted by Gasteiger charge is -2.57. The van der Waals surface area contributed by atoms with Gasteiger partial charge in [0, 0.05) is 12.8 Å². The summed E-state index contributed by atoms with van der Waals surface area (Å²) in [6, 6.07) is 0. The zero-order valence-corrected chi connectivity index (χ0v) is 39.7. The summed E-state index contributed by atoms with van der Waals surface area (Å²) in [5.41, 5.74) is 1.60. The maximum absolute atomic E-state index is 12.1. The normalized spacial score (nSPS) is 45.5. The van der Waals surface area contributed by atoms with Gasteiger partial charge in [-0.3, -0.25) is 9.59 Å². The van der Waals surface area contributed by atoms with Gasteiger partial charge >= 0.3 is 0 Å². The molecule has 0 aromatic rings. The molecule has 4 N–H and O–H groups in total. The highest BCUT2D eigenvalue weighted by atomic mass is 16.6. The van der Waals surface area contributed by atoms with E-state index in [0.29, 0.717) is 107 Å². The molecule has 8 aliphatic carbocycles. The van der Waals surface area contributed by atoms with Gasteiger partial charge in [0.25, 0.3) is 0 Å². The molecule has 0 radical (unpaired) electrons. The molecule has 0 aromatic heterocycles. The predicted molar refractivity (Wildman–Crippen MR) is 241 cm³/mol. The van der Waals surface area contributed by atoms with Gasteiger partial charge in [-0.1, -0.05) is 53.7 Å². The number of hydrogen-bond donors (Lipinski definition) is 4. The van der Waals surface area contributed by atoms with Crippen LogP contribution in [-0.2, 0) is 14.3 Å². The Balaban J connectivity index is 0.000000169. The lowest BCUT2D eigenvalue weighted by atomic mass is 9.46. The molecule has 18 atom stereocenters. The quantitative estimate of drug-likeness (QED) is 0.161. The van der Waals surface area contributed by atoms with E-state index in [1.165, 1.54) is 62.5 Å². The van der Waals surface area contributed by atoms with Gasteiger partial charge in [0.2, 0.25) is 0 Å². The second-order valence-corrected chi connectivity index (χ2v) is 24.8. The number of allylic oxidation sites excluding steroid dienone is 4. The first-order valence-electron chi connectivity index (χ1n) is 25.1. The Morgan fingerprint density at radius 3 is 1.74 bits per heavy atom. The average molecular weight is 845 g/mol. The zero-order chi connectivity index (χ0) is 44.2. The summed E-state index contributed by atoms with van der Waals surface area (Å²) in [5.74, 6) is 7.14. The molecule has 61 heavy (non-hydrogen) atoms. The van der Waals surface area contributed by atoms with Crippen molar-refractivity contribution in [2.75, 3.05) is 0 Å². The molecule has 9 aliphatic rings. The van der Waals surface area contributed by atoms with Crippen LogP contribution in [-0.4, -0.2) is 67.6 Å². The summed E-state index contributed by atoms with van der Waals surface area (Å²) in [6.07, 6.45) is 24.8. The third kappa shape index (κ3) is 7.88. The summed E-state index contributed by atoms with van der Waals surface area (Å²) < 4.78 is 6.31. The fourth-order valence-electron chi connectivity index (χ4n) is 16.7. The molecule has 1 heterocycles. The van der Waals surface area contributed by atoms with Crippen molar-refractivity contribution in [1.29, 1.82) is 0 Å². The Labute approximate surface area is 369 Å². The molecule has 7 nitrogen and oxygen atoms in total. The van der Waals surface area contributed by atoms with E-state index in [9.17, 15) is 30.0 Å². The Bertz CT molecular complexity index is 1780. The highest BCUT2D eigenvalue weighted by Crippen LogP contribution is 2.71. The number of carbonyl (C=O) groups excluding carboxylic acids is 2. The number of aliphatic hydroxyl groups is 4. The van der Waals surface area contributed by atoms with Crippen molar-refractivity contribution in [3.05, 3.63) is 35.5 Å². The lowest BCUT2D eigenvalue weighted by molar-refractivity contribution is -0.117. The Kier molecular flexibility index (Phi) is 12.1. The first kappa shape index (κ1) is 45.9. The summed E-state index contributed by atoms with van der Waals surface area (Å²) in [7, 11) is 0. The van der Waals surface area contributed by atoms with Crippen LogP contribution < -0.4 is 0 Å². The van der Waals surface area contributed by atoms with Crippen LogP contribution in [0.5, 0.6) is 0 Å². The number of rotatable bonds is 10. The lowest BCUT2D eigenvalue weighted by Crippen LogP contribution is -2.53. The van der Waals surface area contributed by atoms with Gasteiger partial charge in [-0.2, -0.15) is 0 Å². The van der Waals surface area contributed by atoms with E-state index in [-0.39, 0.29) is 16.9 Å². The molecule has 0 amide bonds. The molecule has 1 aliphatic heterocycles. The van der Waals surface area contributed by atoms with Crippen molar-refractivity contribution in [3.63, 3.8) is 0 Å². The number of carbonyl (C=O) groups is 2. The summed E-state index contributed by atoms with van der Waals surface area (Å²) in [4.78, 5) is 24.1. The molecule has 0 aromatic carbocycles. The van der Waals surface area contributed by atoms with Crippen LogP contribution in [0.4, 0.5) is 0 Å². The third-order valence-corrected chi connectivity index (χ3v) is 20.7. The highest BCUT2D eigenvalue weighted by Gasteiger charge is 2.69. The summed E-state index contributed by atoms with van der Waals surface area (Å²) in [5, 5.41) is 40.8. The van der Waals surface area contributed by atoms with E-state index in [2.05, 4.69) is 53.7 Å². The summed E-state index contributed by atoms with van der Waals surface area (Å²) >= 11 is 0. The van der Waals surface area contributed by atoms with E-state index in [1.54, 1.807) is 27.7 Å². The van der Waals surface area contributed by atoms with Crippen LogP contribution in [0.1, 0.15) is 172 Å². The molecule has 5 saturated carbocycles. The third-order valence-electron chi connectivity index (χ3n) is 20.7. The standard InChI is InChI=1S/C27H42O4.C27H42O3/c1-15(6-9-21(29)25(2,3)30)17-7-8-18-22-19(11-13-26(17,18)4)27(5)12-10-16(28)14-20(27)23-24(22)31-23;1-17(6-11-24(29)25(2,3)30)21-9-10-22-20-8-7-18-16-19(28)12-14-26(18,4)23(20)13-15-27(21,22)5/h14-15,17-19,21-24,29-30H,6-13H2,1-5H3;7-8,16-17,20-24,29-30H,6,9-15H2,1-5H3/t15-,17-,18+,19+,21?,22+,23?,24?,26-,27-;17-,20+,21-,22+,23+,24?,26+,27-/m11/s1. The number of ketones is 2. The molecular weight excluding hydrogens is 761 g/mol. The van der Waals surface area contributed by atoms with Crippen LogP contribution in [0.15, 0.2) is 35.5 Å². The Hall–Kier alpha value is -1.64. The van der Waals surface area contributed by atoms with Gasteiger partial charge in [-0.15, -0.1) is 0 Å². The largest absolute Gasteiger partial charge is 0.390 e. The maximum Gasteiger partial charge on any atom is 0.156 e. The minimum absolute atomic E-state index is 0.151. The molecule has 9 rings (SSSR count). The minimum Gasteiger partial charge on any atom is -0.390 e. The molecule has 342 valence electrons. The second-order valence-electron chi connectivity index (χ2n) is 24.8. The first-order valence-corrected chi connectivity index (χ1v) is 25.1. The van der Waals surface area contributed by atoms with E-state index in [1.807, 2.05) is 12.2 Å². The van der Waals surface area contributed by atoms with Crippen molar-refractivity contribution < 1.29 is 34.8 Å². The Morgan fingerprint density at radius 2 is 1.16 bits per heavy atom. The van der Waals surface area contributed by atoms with E-state index in [4.69, 9.17) is 4.74 Å². The topological polar surface area (TPSA) is 128 Å². The van der Waals surface area contributed by atoms with E-state index in [0.717, 1.165) is 31.6 Å². The molecule has 7 heteroatoms. The average Bonchev–Trinajstić information content (AvgIpc) is 3.78. The predicted octanol–water partition coefficient (Wildman–Crippen LogP) is 10.1. The summed E-state index contributed by atoms with van der Waals surface area (Å²) in [6.45, 7) is 21.5. The van der Waals surface area contributed by atoms with Crippen LogP contribution in [0.2, 0.25) is 0 Å². The van der Waals surface area contributed by atoms with Gasteiger partial charge in [0.05, 0.1) is 29.5 Å². The molecule has 1 saturated heterocycles. The fraction of sp³-hybridized carbons (Fsp3) is 0.852. The number of fused-ring (bicyclic) bond motifs is 13. The van der Waals surface area contributed by atoms with E-state index >= 15 is 0 Å². The molecule has 0 bridgehead atoms. The van der Waals surface area contributed by atoms with Crippen molar-refractivity contribution in [2.24, 2.45) is 80.8 Å². The number of aliphatic hydroxyl groups excluding tert-OH is 2. The van der Waals surface area contributed by atoms with Crippen molar-refractivity contribution in [2.45, 2.75) is 208 Å². The highest BCUT2D eigenvalue weighted by molar-refractivity contribution is 5.92. The Morgan fingerprint density at radius 1 is 0.656 bits per heavy atom. The SMILES string of the molecule is C[C@H](CCC(O)C(C)(C)O)[C@H]1CC[C@H]2[C@@H]3C4OC4C4=CC(=O)CC[C@]4(C)[C@H]3CC[C@]12C.C[C@H](CCC(O)C(C)(C)O)[C@H]1CC[C@H]2[C@@H]3C=CC4=CC(=O)CC[C@]4(C)[C@H]3CC[C@]12C. The van der Waals surface area contributed by atoms with Crippen molar-refractivity contribution in [1.82, 2.24) is 0 Å². The monoisotopic (exact) mass is 845 g/mol. The smallest absolute Gasteiger partial charge is 0.156 e. The van der Waals surface area contributed by atoms with Gasteiger partial charge in [-0.25, -0.2) is 0 Å². The molecule has 4 unspecified atom stereocenters.